The summed E-state index contributed by atoms with van der Waals surface area (Å²) in [6, 6.07) is 14.4. The third kappa shape index (κ3) is 4.48. The molecule has 0 aromatic heterocycles. The van der Waals surface area contributed by atoms with Crippen LogP contribution in [0.15, 0.2) is 53.4 Å². The predicted molar refractivity (Wildman–Crippen MR) is 96.6 cm³/mol. The molecule has 0 radical (unpaired) electrons. The van der Waals surface area contributed by atoms with Crippen LogP contribution in [0.5, 0.6) is 0 Å². The molecule has 0 aliphatic carbocycles. The van der Waals surface area contributed by atoms with Crippen molar-refractivity contribution in [2.24, 2.45) is 0 Å². The molecule has 23 heavy (non-hydrogen) atoms. The summed E-state index contributed by atoms with van der Waals surface area (Å²) in [4.78, 5) is 2.48. The maximum atomic E-state index is 12.5. The Hall–Kier alpha value is -2.01. The van der Waals surface area contributed by atoms with Crippen LogP contribution in [-0.2, 0) is 10.0 Å². The first-order valence-corrected chi connectivity index (χ1v) is 9.32. The molecule has 0 saturated carbocycles. The Morgan fingerprint density at radius 1 is 1.04 bits per heavy atom. The Labute approximate surface area is 139 Å². The summed E-state index contributed by atoms with van der Waals surface area (Å²) < 4.78 is 27.6. The number of hydrogen-bond donors (Lipinski definition) is 1. The zero-order valence-corrected chi connectivity index (χ0v) is 14.7. The van der Waals surface area contributed by atoms with Crippen LogP contribution < -0.4 is 9.62 Å². The van der Waals surface area contributed by atoms with Crippen molar-refractivity contribution in [3.05, 3.63) is 54.1 Å². The first-order chi connectivity index (χ1) is 10.9. The summed E-state index contributed by atoms with van der Waals surface area (Å²) in [6.07, 6.45) is 2.29. The fraction of sp³-hybridized carbons (Fsp3) is 0.333. The van der Waals surface area contributed by atoms with E-state index in [1.807, 2.05) is 25.2 Å². The van der Waals surface area contributed by atoms with Gasteiger partial charge in [0.05, 0.1) is 4.90 Å². The third-order valence-corrected chi connectivity index (χ3v) is 5.33. The van der Waals surface area contributed by atoms with Crippen LogP contribution >= 0.6 is 0 Å². The number of unbranched alkanes of at least 4 members (excludes halogenated alkanes) is 1. The van der Waals surface area contributed by atoms with Crippen molar-refractivity contribution in [3.63, 3.8) is 0 Å². The number of hydrogen-bond acceptors (Lipinski definition) is 3. The summed E-state index contributed by atoms with van der Waals surface area (Å²) >= 11 is 0. The second-order valence-electron chi connectivity index (χ2n) is 5.69. The van der Waals surface area contributed by atoms with E-state index in [-0.39, 0.29) is 0 Å². The van der Waals surface area contributed by atoms with Crippen molar-refractivity contribution in [2.75, 3.05) is 23.2 Å². The molecule has 0 heterocycles. The van der Waals surface area contributed by atoms with Crippen LogP contribution in [0.2, 0.25) is 0 Å². The quantitative estimate of drug-likeness (QED) is 0.833. The van der Waals surface area contributed by atoms with Gasteiger partial charge in [-0.15, -0.1) is 0 Å². The van der Waals surface area contributed by atoms with Crippen LogP contribution in [0, 0.1) is 6.92 Å². The van der Waals surface area contributed by atoms with E-state index in [4.69, 9.17) is 0 Å². The van der Waals surface area contributed by atoms with E-state index in [0.717, 1.165) is 30.6 Å². The molecule has 0 unspecified atom stereocenters. The average molecular weight is 332 g/mol. The summed E-state index contributed by atoms with van der Waals surface area (Å²) in [7, 11) is -1.51. The Balaban J connectivity index is 2.13. The van der Waals surface area contributed by atoms with Crippen molar-refractivity contribution < 1.29 is 8.42 Å². The zero-order valence-electron chi connectivity index (χ0n) is 13.9. The monoisotopic (exact) mass is 332 g/mol. The average Bonchev–Trinajstić information content (AvgIpc) is 2.53. The molecule has 0 spiro atoms. The lowest BCUT2D eigenvalue weighted by atomic mass is 10.2. The summed E-state index contributed by atoms with van der Waals surface area (Å²) in [6.45, 7) is 4.95. The second kappa shape index (κ2) is 7.51. The number of nitrogens with zero attached hydrogens (tertiary/aromatic N) is 1. The van der Waals surface area contributed by atoms with Crippen LogP contribution in [0.3, 0.4) is 0 Å². The predicted octanol–water partition coefficient (Wildman–Crippen LogP) is 4.03. The SMILES string of the molecule is CCCCN(C)c1ccc(NS(=O)(=O)c2ccccc2C)cc1. The maximum absolute atomic E-state index is 12.5. The molecular weight excluding hydrogens is 308 g/mol. The molecule has 0 bridgehead atoms. The highest BCUT2D eigenvalue weighted by atomic mass is 32.2. The normalized spacial score (nSPS) is 11.3. The first-order valence-electron chi connectivity index (χ1n) is 7.83. The fourth-order valence-electron chi connectivity index (χ4n) is 2.38. The van der Waals surface area contributed by atoms with Crippen LogP contribution in [0.25, 0.3) is 0 Å². The number of nitrogens with one attached hydrogen (secondary N) is 1. The van der Waals surface area contributed by atoms with Crippen molar-refractivity contribution in [1.82, 2.24) is 0 Å². The molecular formula is C18H24N2O2S. The fourth-order valence-corrected chi connectivity index (χ4v) is 3.68. The highest BCUT2D eigenvalue weighted by Gasteiger charge is 2.16. The van der Waals surface area contributed by atoms with E-state index < -0.39 is 10.0 Å². The Morgan fingerprint density at radius 3 is 2.30 bits per heavy atom. The molecule has 1 N–H and O–H groups in total. The number of aryl methyl sites for hydroxylation is 1. The van der Waals surface area contributed by atoms with Crippen LogP contribution in [-0.4, -0.2) is 22.0 Å². The number of anilines is 2. The van der Waals surface area contributed by atoms with Crippen LogP contribution in [0.4, 0.5) is 11.4 Å². The summed E-state index contributed by atoms with van der Waals surface area (Å²) in [5.41, 5.74) is 2.38. The van der Waals surface area contributed by atoms with Gasteiger partial charge >= 0.3 is 0 Å². The van der Waals surface area contributed by atoms with Crippen molar-refractivity contribution in [3.8, 4) is 0 Å². The topological polar surface area (TPSA) is 49.4 Å². The molecule has 0 amide bonds. The van der Waals surface area contributed by atoms with Gasteiger partial charge in [-0.2, -0.15) is 0 Å². The van der Waals surface area contributed by atoms with Crippen LogP contribution in [0.1, 0.15) is 25.3 Å². The second-order valence-corrected chi connectivity index (χ2v) is 7.34. The van der Waals surface area contributed by atoms with Crippen molar-refractivity contribution >= 4 is 21.4 Å². The van der Waals surface area contributed by atoms with Crippen molar-refractivity contribution in [1.29, 1.82) is 0 Å². The lowest BCUT2D eigenvalue weighted by molar-refractivity contribution is 0.600. The van der Waals surface area contributed by atoms with Gasteiger partial charge in [0.25, 0.3) is 10.0 Å². The summed E-state index contributed by atoms with van der Waals surface area (Å²) in [5, 5.41) is 0. The van der Waals surface area contributed by atoms with Gasteiger partial charge in [0.1, 0.15) is 0 Å². The van der Waals surface area contributed by atoms with E-state index >= 15 is 0 Å². The molecule has 0 saturated heterocycles. The first kappa shape index (κ1) is 17.3. The van der Waals surface area contributed by atoms with Gasteiger partial charge in [-0.25, -0.2) is 8.42 Å². The molecule has 2 rings (SSSR count). The minimum atomic E-state index is -3.55. The minimum absolute atomic E-state index is 0.309. The molecule has 2 aromatic carbocycles. The molecule has 5 heteroatoms. The highest BCUT2D eigenvalue weighted by Crippen LogP contribution is 2.21. The molecule has 0 fully saturated rings. The molecule has 0 aliphatic heterocycles. The number of rotatable bonds is 7. The molecule has 2 aromatic rings. The van der Waals surface area contributed by atoms with E-state index in [1.165, 1.54) is 0 Å². The Kier molecular flexibility index (Phi) is 5.66. The Bertz CT molecular complexity index is 740. The van der Waals surface area contributed by atoms with E-state index in [9.17, 15) is 8.42 Å². The molecule has 0 atom stereocenters. The molecule has 4 nitrogen and oxygen atoms in total. The summed E-state index contributed by atoms with van der Waals surface area (Å²) in [5.74, 6) is 0. The standard InChI is InChI=1S/C18H24N2O2S/c1-4-5-14-20(3)17-12-10-16(11-13-17)19-23(21,22)18-9-7-6-8-15(18)2/h6-13,19H,4-5,14H2,1-3H3. The molecule has 124 valence electrons. The molecule has 0 aliphatic rings. The number of sulfonamides is 1. The highest BCUT2D eigenvalue weighted by molar-refractivity contribution is 7.92. The lowest BCUT2D eigenvalue weighted by Gasteiger charge is -2.19. The van der Waals surface area contributed by atoms with Crippen molar-refractivity contribution in [2.45, 2.75) is 31.6 Å². The largest absolute Gasteiger partial charge is 0.375 e. The number of benzene rings is 2. The maximum Gasteiger partial charge on any atom is 0.262 e. The van der Waals surface area contributed by atoms with Gasteiger partial charge in [0, 0.05) is 25.0 Å². The van der Waals surface area contributed by atoms with Gasteiger partial charge in [0.2, 0.25) is 0 Å². The lowest BCUT2D eigenvalue weighted by Crippen LogP contribution is -2.18. The van der Waals surface area contributed by atoms with E-state index in [2.05, 4.69) is 16.5 Å². The minimum Gasteiger partial charge on any atom is -0.375 e. The van der Waals surface area contributed by atoms with Gasteiger partial charge in [-0.1, -0.05) is 31.5 Å². The van der Waals surface area contributed by atoms with E-state index in [0.29, 0.717) is 10.6 Å². The Morgan fingerprint density at radius 2 is 1.70 bits per heavy atom. The smallest absolute Gasteiger partial charge is 0.262 e. The zero-order chi connectivity index (χ0) is 16.9. The van der Waals surface area contributed by atoms with E-state index in [1.54, 1.807) is 37.3 Å². The third-order valence-electron chi connectivity index (χ3n) is 3.79. The van der Waals surface area contributed by atoms with Gasteiger partial charge in [-0.05, 0) is 49.2 Å². The van der Waals surface area contributed by atoms with Gasteiger partial charge in [-0.3, -0.25) is 4.72 Å². The van der Waals surface area contributed by atoms with Gasteiger partial charge < -0.3 is 4.90 Å². The van der Waals surface area contributed by atoms with Gasteiger partial charge in [0.15, 0.2) is 0 Å².